The molecule has 8 nitrogen and oxygen atoms in total. The van der Waals surface area contributed by atoms with Crippen LogP contribution in [0.2, 0.25) is 0 Å². The first kappa shape index (κ1) is 20.9. The van der Waals surface area contributed by atoms with E-state index in [1.807, 2.05) is 24.0 Å². The Morgan fingerprint density at radius 3 is 2.61 bits per heavy atom. The molecular formula is C20H21F3N6O2. The third kappa shape index (κ3) is 4.39. The summed E-state index contributed by atoms with van der Waals surface area (Å²) in [6.45, 7) is 3.35. The molecule has 1 amide bonds. The van der Waals surface area contributed by atoms with Gasteiger partial charge in [-0.3, -0.25) is 4.79 Å². The molecule has 3 heterocycles. The second-order valence-electron chi connectivity index (χ2n) is 7.16. The molecule has 1 aliphatic rings. The maximum absolute atomic E-state index is 13.1. The fourth-order valence-corrected chi connectivity index (χ4v) is 3.58. The van der Waals surface area contributed by atoms with Crippen LogP contribution in [0.3, 0.4) is 0 Å². The predicted molar refractivity (Wildman–Crippen MR) is 107 cm³/mol. The van der Waals surface area contributed by atoms with Crippen molar-refractivity contribution in [3.8, 4) is 5.75 Å². The average Bonchev–Trinajstić information content (AvgIpc) is 3.19. The first-order chi connectivity index (χ1) is 14.9. The van der Waals surface area contributed by atoms with Gasteiger partial charge in [0, 0.05) is 19.0 Å². The van der Waals surface area contributed by atoms with E-state index in [1.165, 1.54) is 6.07 Å². The lowest BCUT2D eigenvalue weighted by Gasteiger charge is -2.32. The van der Waals surface area contributed by atoms with Crippen molar-refractivity contribution in [1.29, 1.82) is 0 Å². The summed E-state index contributed by atoms with van der Waals surface area (Å²) in [5.74, 6) is -0.476. The van der Waals surface area contributed by atoms with E-state index in [0.29, 0.717) is 54.3 Å². The Balaban J connectivity index is 1.42. The van der Waals surface area contributed by atoms with Crippen LogP contribution >= 0.6 is 0 Å². The smallest absolute Gasteiger partial charge is 0.453 e. The van der Waals surface area contributed by atoms with E-state index in [1.54, 1.807) is 18.2 Å². The highest BCUT2D eigenvalue weighted by atomic mass is 19.4. The molecule has 0 atom stereocenters. The van der Waals surface area contributed by atoms with Gasteiger partial charge in [0.1, 0.15) is 11.6 Å². The molecule has 31 heavy (non-hydrogen) atoms. The monoisotopic (exact) mass is 434 g/mol. The highest BCUT2D eigenvalue weighted by molar-refractivity contribution is 5.94. The molecule has 11 heteroatoms. The third-order valence-corrected chi connectivity index (χ3v) is 5.14. The zero-order valence-corrected chi connectivity index (χ0v) is 16.8. The molecule has 0 saturated carbocycles. The number of nitrogens with zero attached hydrogens (tertiary/aromatic N) is 5. The molecule has 2 aromatic heterocycles. The Hall–Kier alpha value is -3.37. The summed E-state index contributed by atoms with van der Waals surface area (Å²) in [4.78, 5) is 14.6. The van der Waals surface area contributed by atoms with E-state index in [0.717, 1.165) is 0 Å². The average molecular weight is 434 g/mol. The third-order valence-electron chi connectivity index (χ3n) is 5.14. The van der Waals surface area contributed by atoms with Crippen LogP contribution in [-0.4, -0.2) is 45.4 Å². The fraction of sp³-hybridized carbons (Fsp3) is 0.400. The van der Waals surface area contributed by atoms with Crippen molar-refractivity contribution in [2.75, 3.05) is 29.9 Å². The number of para-hydroxylation sites is 2. The van der Waals surface area contributed by atoms with Gasteiger partial charge in [0.15, 0.2) is 5.65 Å². The van der Waals surface area contributed by atoms with Gasteiger partial charge in [0.2, 0.25) is 5.91 Å². The maximum Gasteiger partial charge on any atom is 0.453 e. The molecule has 1 saturated heterocycles. The molecule has 3 aromatic rings. The van der Waals surface area contributed by atoms with Gasteiger partial charge in [-0.05, 0) is 44.0 Å². The number of carbonyl (C=O) groups excluding carboxylic acids is 1. The highest BCUT2D eigenvalue weighted by Gasteiger charge is 2.38. The van der Waals surface area contributed by atoms with Gasteiger partial charge >= 0.3 is 6.18 Å². The number of ether oxygens (including phenoxy) is 1. The summed E-state index contributed by atoms with van der Waals surface area (Å²) in [6, 6.07) is 10.3. The summed E-state index contributed by atoms with van der Waals surface area (Å²) >= 11 is 0. The second kappa shape index (κ2) is 8.40. The predicted octanol–water partition coefficient (Wildman–Crippen LogP) is 3.40. The van der Waals surface area contributed by atoms with Crippen molar-refractivity contribution < 1.29 is 22.7 Å². The Bertz CT molecular complexity index is 1080. The van der Waals surface area contributed by atoms with Crippen molar-refractivity contribution in [2.45, 2.75) is 25.9 Å². The molecule has 1 fully saturated rings. The van der Waals surface area contributed by atoms with Gasteiger partial charge in [-0.1, -0.05) is 12.1 Å². The molecule has 4 rings (SSSR count). The summed E-state index contributed by atoms with van der Waals surface area (Å²) in [5.41, 5.74) is 0.648. The summed E-state index contributed by atoms with van der Waals surface area (Å²) < 4.78 is 45.5. The second-order valence-corrected chi connectivity index (χ2v) is 7.16. The molecule has 0 radical (unpaired) electrons. The van der Waals surface area contributed by atoms with Crippen molar-refractivity contribution in [3.63, 3.8) is 0 Å². The molecule has 0 spiro atoms. The standard InChI is InChI=1S/C20H21F3N6O2/c1-2-31-15-6-4-3-5-14(15)24-18(30)13-9-11-28(12-10-13)17-8-7-16-25-26-19(20(21,22)23)29(16)27-17/h3-8,13H,2,9-12H2,1H3,(H,24,30). The lowest BCUT2D eigenvalue weighted by atomic mass is 9.95. The topological polar surface area (TPSA) is 84.6 Å². The Labute approximate surface area is 176 Å². The number of aromatic nitrogens is 4. The van der Waals surface area contributed by atoms with Crippen molar-refractivity contribution in [3.05, 3.63) is 42.2 Å². The number of carbonyl (C=O) groups is 1. The number of hydrogen-bond donors (Lipinski definition) is 1. The first-order valence-electron chi connectivity index (χ1n) is 9.94. The van der Waals surface area contributed by atoms with Crippen molar-refractivity contribution >= 4 is 23.1 Å². The van der Waals surface area contributed by atoms with Gasteiger partial charge < -0.3 is 15.0 Å². The number of rotatable bonds is 5. The van der Waals surface area contributed by atoms with Crippen LogP contribution in [0.25, 0.3) is 5.65 Å². The van der Waals surface area contributed by atoms with Gasteiger partial charge in [0.05, 0.1) is 12.3 Å². The van der Waals surface area contributed by atoms with Crippen LogP contribution in [0.5, 0.6) is 5.75 Å². The SMILES string of the molecule is CCOc1ccccc1NC(=O)C1CCN(c2ccc3nnc(C(F)(F)F)n3n2)CC1. The van der Waals surface area contributed by atoms with Crippen LogP contribution in [0.1, 0.15) is 25.6 Å². The number of alkyl halides is 3. The summed E-state index contributed by atoms with van der Waals surface area (Å²) in [6.07, 6.45) is -3.54. The number of anilines is 2. The normalized spacial score (nSPS) is 15.3. The molecule has 0 unspecified atom stereocenters. The first-order valence-corrected chi connectivity index (χ1v) is 9.94. The van der Waals surface area contributed by atoms with E-state index < -0.39 is 12.0 Å². The Morgan fingerprint density at radius 1 is 1.16 bits per heavy atom. The van der Waals surface area contributed by atoms with Crippen LogP contribution in [0.4, 0.5) is 24.7 Å². The van der Waals surface area contributed by atoms with Gasteiger partial charge in [-0.25, -0.2) is 0 Å². The minimum absolute atomic E-state index is 0.0262. The van der Waals surface area contributed by atoms with Crippen molar-refractivity contribution in [1.82, 2.24) is 19.8 Å². The number of fused-ring (bicyclic) bond motifs is 1. The molecule has 1 N–H and O–H groups in total. The lowest BCUT2D eigenvalue weighted by Crippen LogP contribution is -2.38. The van der Waals surface area contributed by atoms with Gasteiger partial charge in [-0.15, -0.1) is 15.3 Å². The lowest BCUT2D eigenvalue weighted by molar-refractivity contribution is -0.146. The van der Waals surface area contributed by atoms with Crippen molar-refractivity contribution in [2.24, 2.45) is 5.92 Å². The molecule has 164 valence electrons. The number of nitrogens with one attached hydrogen (secondary N) is 1. The molecule has 0 aliphatic carbocycles. The van der Waals surface area contributed by atoms with E-state index in [-0.39, 0.29) is 17.5 Å². The number of hydrogen-bond acceptors (Lipinski definition) is 6. The number of amides is 1. The number of halogens is 3. The van der Waals surface area contributed by atoms with E-state index in [9.17, 15) is 18.0 Å². The van der Waals surface area contributed by atoms with E-state index >= 15 is 0 Å². The minimum Gasteiger partial charge on any atom is -0.492 e. The van der Waals surface area contributed by atoms with Gasteiger partial charge in [0.25, 0.3) is 5.82 Å². The maximum atomic E-state index is 13.1. The highest BCUT2D eigenvalue weighted by Crippen LogP contribution is 2.29. The molecule has 1 aromatic carbocycles. The molecule has 0 bridgehead atoms. The molecular weight excluding hydrogens is 413 g/mol. The van der Waals surface area contributed by atoms with Crippen LogP contribution in [-0.2, 0) is 11.0 Å². The van der Waals surface area contributed by atoms with Crippen LogP contribution in [0, 0.1) is 5.92 Å². The van der Waals surface area contributed by atoms with E-state index in [4.69, 9.17) is 4.74 Å². The summed E-state index contributed by atoms with van der Waals surface area (Å²) in [7, 11) is 0. The zero-order valence-electron chi connectivity index (χ0n) is 16.8. The number of piperidine rings is 1. The fourth-order valence-electron chi connectivity index (χ4n) is 3.58. The minimum atomic E-state index is -4.64. The van der Waals surface area contributed by atoms with Gasteiger partial charge in [-0.2, -0.15) is 17.7 Å². The summed E-state index contributed by atoms with van der Waals surface area (Å²) in [5, 5.41) is 13.7. The Kier molecular flexibility index (Phi) is 5.66. The van der Waals surface area contributed by atoms with Crippen LogP contribution in [0.15, 0.2) is 36.4 Å². The quantitative estimate of drug-likeness (QED) is 0.663. The molecule has 1 aliphatic heterocycles. The Morgan fingerprint density at radius 2 is 1.90 bits per heavy atom. The number of benzene rings is 1. The van der Waals surface area contributed by atoms with Crippen LogP contribution < -0.4 is 15.0 Å². The van der Waals surface area contributed by atoms with E-state index in [2.05, 4.69) is 20.6 Å². The largest absolute Gasteiger partial charge is 0.492 e. The zero-order chi connectivity index (χ0) is 22.0.